The first-order valence-electron chi connectivity index (χ1n) is 5.66. The molecule has 1 heterocycles. The van der Waals surface area contributed by atoms with Crippen molar-refractivity contribution in [3.8, 4) is 5.75 Å². The van der Waals surface area contributed by atoms with Crippen LogP contribution in [-0.4, -0.2) is 36.7 Å². The average Bonchev–Trinajstić information content (AvgIpc) is 2.55. The molecule has 3 N–H and O–H groups in total. The lowest BCUT2D eigenvalue weighted by atomic mass is 10.1. The van der Waals surface area contributed by atoms with Crippen LogP contribution in [0.1, 0.15) is 16.8 Å². The van der Waals surface area contributed by atoms with Crippen LogP contribution in [0.2, 0.25) is 0 Å². The molecule has 0 aromatic heterocycles. The summed E-state index contributed by atoms with van der Waals surface area (Å²) in [5.74, 6) is 0.117. The highest BCUT2D eigenvalue weighted by molar-refractivity contribution is 5.98. The second-order valence-electron chi connectivity index (χ2n) is 3.84. The normalized spacial score (nSPS) is 13.9. The molecule has 1 aromatic rings. The van der Waals surface area contributed by atoms with Crippen LogP contribution in [0.25, 0.3) is 0 Å². The second-order valence-corrected chi connectivity index (χ2v) is 3.84. The molecule has 0 aliphatic carbocycles. The third-order valence-corrected chi connectivity index (χ3v) is 2.50. The van der Waals surface area contributed by atoms with Crippen molar-refractivity contribution in [2.75, 3.05) is 25.1 Å². The summed E-state index contributed by atoms with van der Waals surface area (Å²) in [7, 11) is 0. The van der Waals surface area contributed by atoms with Gasteiger partial charge < -0.3 is 20.5 Å². The minimum Gasteiger partial charge on any atom is -0.491 e. The number of hydrogen-bond acceptors (Lipinski definition) is 4. The maximum Gasteiger partial charge on any atom is 0.251 e. The van der Waals surface area contributed by atoms with Crippen molar-refractivity contribution in [3.05, 3.63) is 23.8 Å². The second kappa shape index (κ2) is 5.50. The smallest absolute Gasteiger partial charge is 0.251 e. The molecular weight excluding hydrogens is 236 g/mol. The summed E-state index contributed by atoms with van der Waals surface area (Å²) in [6, 6.07) is 4.82. The number of carbonyl (C=O) groups excluding carboxylic acids is 2. The van der Waals surface area contributed by atoms with E-state index in [0.717, 1.165) is 0 Å². The average molecular weight is 250 g/mol. The number of aliphatic hydroxyl groups excluding tert-OH is 1. The first-order valence-corrected chi connectivity index (χ1v) is 5.66. The molecule has 0 saturated heterocycles. The van der Waals surface area contributed by atoms with E-state index in [-0.39, 0.29) is 25.0 Å². The van der Waals surface area contributed by atoms with Gasteiger partial charge in [-0.3, -0.25) is 9.59 Å². The maximum atomic E-state index is 11.7. The number of carbonyl (C=O) groups is 2. The first kappa shape index (κ1) is 12.4. The van der Waals surface area contributed by atoms with Gasteiger partial charge in [0.05, 0.1) is 25.3 Å². The minimum absolute atomic E-state index is 0.115. The van der Waals surface area contributed by atoms with Gasteiger partial charge in [-0.15, -0.1) is 0 Å². The van der Waals surface area contributed by atoms with E-state index in [1.54, 1.807) is 18.2 Å². The summed E-state index contributed by atoms with van der Waals surface area (Å²) in [6.45, 7) is 0.407. The van der Waals surface area contributed by atoms with E-state index in [4.69, 9.17) is 9.84 Å². The van der Waals surface area contributed by atoms with Crippen molar-refractivity contribution in [3.63, 3.8) is 0 Å². The van der Waals surface area contributed by atoms with Crippen molar-refractivity contribution >= 4 is 17.5 Å². The molecule has 0 atom stereocenters. The Kier molecular flexibility index (Phi) is 3.78. The van der Waals surface area contributed by atoms with Crippen molar-refractivity contribution in [2.45, 2.75) is 6.42 Å². The summed E-state index contributed by atoms with van der Waals surface area (Å²) in [6.07, 6.45) is 0.292. The fourth-order valence-corrected chi connectivity index (χ4v) is 1.63. The van der Waals surface area contributed by atoms with Crippen LogP contribution in [-0.2, 0) is 4.79 Å². The number of aliphatic hydroxyl groups is 1. The van der Waals surface area contributed by atoms with Crippen LogP contribution in [0.3, 0.4) is 0 Å². The third kappa shape index (κ3) is 2.78. The monoisotopic (exact) mass is 250 g/mol. The van der Waals surface area contributed by atoms with E-state index in [9.17, 15) is 9.59 Å². The lowest BCUT2D eigenvalue weighted by molar-refractivity contribution is -0.116. The molecule has 0 unspecified atom stereocenters. The molecule has 1 aromatic carbocycles. The Morgan fingerprint density at radius 1 is 1.50 bits per heavy atom. The predicted molar refractivity (Wildman–Crippen MR) is 64.6 cm³/mol. The van der Waals surface area contributed by atoms with Crippen LogP contribution in [0.15, 0.2) is 18.2 Å². The molecule has 0 spiro atoms. The van der Waals surface area contributed by atoms with Gasteiger partial charge >= 0.3 is 0 Å². The molecule has 0 saturated carbocycles. The molecule has 6 nitrogen and oxygen atoms in total. The molecule has 18 heavy (non-hydrogen) atoms. The Morgan fingerprint density at radius 2 is 2.33 bits per heavy atom. The number of fused-ring (bicyclic) bond motifs is 1. The van der Waals surface area contributed by atoms with Gasteiger partial charge in [-0.2, -0.15) is 0 Å². The van der Waals surface area contributed by atoms with Crippen molar-refractivity contribution in [1.29, 1.82) is 0 Å². The van der Waals surface area contributed by atoms with E-state index in [0.29, 0.717) is 30.0 Å². The zero-order valence-electron chi connectivity index (χ0n) is 9.73. The molecule has 2 rings (SSSR count). The van der Waals surface area contributed by atoms with Crippen molar-refractivity contribution in [2.24, 2.45) is 0 Å². The van der Waals surface area contributed by atoms with Gasteiger partial charge in [-0.1, -0.05) is 0 Å². The summed E-state index contributed by atoms with van der Waals surface area (Å²) >= 11 is 0. The molecule has 6 heteroatoms. The molecule has 1 aliphatic heterocycles. The van der Waals surface area contributed by atoms with E-state index < -0.39 is 0 Å². The Balaban J connectivity index is 2.20. The van der Waals surface area contributed by atoms with Gasteiger partial charge in [0.1, 0.15) is 5.75 Å². The lowest BCUT2D eigenvalue weighted by Crippen LogP contribution is -2.26. The fourth-order valence-electron chi connectivity index (χ4n) is 1.63. The van der Waals surface area contributed by atoms with E-state index in [1.807, 2.05) is 0 Å². The summed E-state index contributed by atoms with van der Waals surface area (Å²) in [5.41, 5.74) is 0.905. The van der Waals surface area contributed by atoms with E-state index in [1.165, 1.54) is 0 Å². The van der Waals surface area contributed by atoms with Gasteiger partial charge in [0, 0.05) is 12.1 Å². The van der Waals surface area contributed by atoms with Crippen LogP contribution < -0.4 is 15.4 Å². The maximum absolute atomic E-state index is 11.7. The number of nitrogens with one attached hydrogen (secondary N) is 2. The molecule has 96 valence electrons. The van der Waals surface area contributed by atoms with Gasteiger partial charge in [-0.05, 0) is 18.2 Å². The Bertz CT molecular complexity index is 473. The van der Waals surface area contributed by atoms with Gasteiger partial charge in [0.25, 0.3) is 5.91 Å². The van der Waals surface area contributed by atoms with Crippen molar-refractivity contribution in [1.82, 2.24) is 5.32 Å². The van der Waals surface area contributed by atoms with Crippen LogP contribution >= 0.6 is 0 Å². The SMILES string of the molecule is O=C1CCOc2ccc(C(=O)NCCO)cc2N1. The summed E-state index contributed by atoms with van der Waals surface area (Å²) < 4.78 is 5.38. The highest BCUT2D eigenvalue weighted by Crippen LogP contribution is 2.27. The molecule has 1 aliphatic rings. The summed E-state index contributed by atoms with van der Waals surface area (Å²) in [5, 5.41) is 13.9. The number of hydrogen-bond donors (Lipinski definition) is 3. The molecule has 0 fully saturated rings. The summed E-state index contributed by atoms with van der Waals surface area (Å²) in [4.78, 5) is 23.1. The highest BCUT2D eigenvalue weighted by Gasteiger charge is 2.15. The Hall–Kier alpha value is -2.08. The van der Waals surface area contributed by atoms with E-state index in [2.05, 4.69) is 10.6 Å². The molecule has 2 amide bonds. The number of amides is 2. The van der Waals surface area contributed by atoms with Crippen molar-refractivity contribution < 1.29 is 19.4 Å². The minimum atomic E-state index is -0.301. The van der Waals surface area contributed by atoms with E-state index >= 15 is 0 Å². The third-order valence-electron chi connectivity index (χ3n) is 2.50. The van der Waals surface area contributed by atoms with Gasteiger partial charge in [0.2, 0.25) is 5.91 Å². The standard InChI is InChI=1S/C12H14N2O4/c15-5-4-13-12(17)8-1-2-10-9(7-8)14-11(16)3-6-18-10/h1-2,7,15H,3-6H2,(H,13,17)(H,14,16). The largest absolute Gasteiger partial charge is 0.491 e. The topological polar surface area (TPSA) is 87.7 Å². The van der Waals surface area contributed by atoms with Crippen LogP contribution in [0.5, 0.6) is 5.75 Å². The lowest BCUT2D eigenvalue weighted by Gasteiger charge is -2.09. The quantitative estimate of drug-likeness (QED) is 0.711. The van der Waals surface area contributed by atoms with Gasteiger partial charge in [0.15, 0.2) is 0 Å². The predicted octanol–water partition coefficient (Wildman–Crippen LogP) is 0.130. The number of ether oxygens (including phenoxy) is 1. The molecule has 0 radical (unpaired) electrons. The number of rotatable bonds is 3. The zero-order chi connectivity index (χ0) is 13.0. The number of benzene rings is 1. The number of anilines is 1. The van der Waals surface area contributed by atoms with Gasteiger partial charge in [-0.25, -0.2) is 0 Å². The highest BCUT2D eigenvalue weighted by atomic mass is 16.5. The Labute approximate surface area is 104 Å². The zero-order valence-corrected chi connectivity index (χ0v) is 9.73. The first-order chi connectivity index (χ1) is 8.70. The Morgan fingerprint density at radius 3 is 3.11 bits per heavy atom. The fraction of sp³-hybridized carbons (Fsp3) is 0.333. The molecular formula is C12H14N2O4. The molecule has 0 bridgehead atoms. The van der Waals surface area contributed by atoms with Crippen LogP contribution in [0.4, 0.5) is 5.69 Å². The van der Waals surface area contributed by atoms with Crippen LogP contribution in [0, 0.1) is 0 Å².